The molecular weight excluding hydrogens is 489 g/mol. The Kier molecular flexibility index (Phi) is 6.14. The van der Waals surface area contributed by atoms with Crippen LogP contribution in [-0.4, -0.2) is 39.7 Å². The van der Waals surface area contributed by atoms with Gasteiger partial charge in [-0.25, -0.2) is 4.39 Å². The van der Waals surface area contributed by atoms with Crippen molar-refractivity contribution in [2.75, 3.05) is 19.8 Å². The molecule has 0 bridgehead atoms. The summed E-state index contributed by atoms with van der Waals surface area (Å²) in [5.74, 6) is -0.0563. The van der Waals surface area contributed by atoms with Crippen molar-refractivity contribution in [1.29, 1.82) is 0 Å². The second-order valence-corrected chi connectivity index (χ2v) is 9.23. The molecule has 0 aliphatic carbocycles. The summed E-state index contributed by atoms with van der Waals surface area (Å²) in [6.07, 6.45) is 3.56. The first-order valence-electron chi connectivity index (χ1n) is 10.9. The van der Waals surface area contributed by atoms with Gasteiger partial charge in [0, 0.05) is 46.9 Å². The summed E-state index contributed by atoms with van der Waals surface area (Å²) in [7, 11) is 0. The van der Waals surface area contributed by atoms with E-state index in [9.17, 15) is 14.3 Å². The number of aliphatic hydroxyl groups excluding tert-OH is 1. The molecule has 1 saturated heterocycles. The zero-order valence-electron chi connectivity index (χ0n) is 17.8. The normalized spacial score (nSPS) is 15.7. The zero-order chi connectivity index (χ0) is 22.9. The van der Waals surface area contributed by atoms with E-state index in [0.29, 0.717) is 16.0 Å². The quantitative estimate of drug-likeness (QED) is 0.404. The Morgan fingerprint density at radius 2 is 1.94 bits per heavy atom. The fourth-order valence-electron chi connectivity index (χ4n) is 4.56. The molecule has 1 atom stereocenters. The van der Waals surface area contributed by atoms with Crippen molar-refractivity contribution in [2.45, 2.75) is 24.8 Å². The molecule has 8 heteroatoms. The number of aliphatic hydroxyl groups is 1. The zero-order valence-corrected chi connectivity index (χ0v) is 19.4. The molecule has 3 heterocycles. The molecule has 2 aromatic heterocycles. The lowest BCUT2D eigenvalue weighted by molar-refractivity contribution is 0.0847. The van der Waals surface area contributed by atoms with Gasteiger partial charge in [-0.15, -0.1) is 0 Å². The van der Waals surface area contributed by atoms with E-state index >= 15 is 0 Å². The first-order chi connectivity index (χ1) is 16.0. The van der Waals surface area contributed by atoms with Gasteiger partial charge in [0.25, 0.3) is 5.56 Å². The van der Waals surface area contributed by atoms with Crippen LogP contribution in [0.5, 0.6) is 0 Å². The van der Waals surface area contributed by atoms with Gasteiger partial charge in [-0.1, -0.05) is 22.0 Å². The molecule has 4 aromatic rings. The van der Waals surface area contributed by atoms with Crippen molar-refractivity contribution in [1.82, 2.24) is 14.8 Å². The molecule has 1 unspecified atom stereocenters. The molecule has 0 saturated carbocycles. The number of aromatic nitrogens is 3. The largest absolute Gasteiger partial charge is 0.394 e. The molecule has 5 rings (SSSR count). The highest BCUT2D eigenvalue weighted by molar-refractivity contribution is 9.10. The maximum atomic E-state index is 13.9. The van der Waals surface area contributed by atoms with Crippen LogP contribution in [0.3, 0.4) is 0 Å². The number of benzene rings is 2. The lowest BCUT2D eigenvalue weighted by atomic mass is 9.93. The molecular formula is C25H23BrFN3O3. The van der Waals surface area contributed by atoms with Gasteiger partial charge in [-0.05, 0) is 65.9 Å². The van der Waals surface area contributed by atoms with E-state index in [1.807, 2.05) is 18.2 Å². The minimum atomic E-state index is -0.685. The topological polar surface area (TPSA) is 80.1 Å². The standard InChI is InChI=1S/C25H23BrFN3O3/c26-19-9-18(10-20(27)13-19)23(14-31)30-6-3-17(12-24(30)32)16-1-2-22-21(11-16)25(29-28-22)15-4-7-33-8-5-15/h1-3,6,9-13,15,23,31H,4-5,7-8,14H2,(H,28,29). The lowest BCUT2D eigenvalue weighted by Gasteiger charge is -2.21. The lowest BCUT2D eigenvalue weighted by Crippen LogP contribution is -2.27. The Bertz CT molecular complexity index is 1340. The van der Waals surface area contributed by atoms with E-state index in [0.717, 1.165) is 53.8 Å². The van der Waals surface area contributed by atoms with Gasteiger partial charge in [-0.2, -0.15) is 5.10 Å². The molecule has 1 fully saturated rings. The SMILES string of the molecule is O=c1cc(-c2ccc3n[nH]c(C4CCOCC4)c3c2)ccn1C(CO)c1cc(F)cc(Br)c1. The van der Waals surface area contributed by atoms with Gasteiger partial charge < -0.3 is 14.4 Å². The van der Waals surface area contributed by atoms with Crippen LogP contribution in [0.2, 0.25) is 0 Å². The summed E-state index contributed by atoms with van der Waals surface area (Å²) >= 11 is 3.27. The average Bonchev–Trinajstić information content (AvgIpc) is 3.24. The molecule has 33 heavy (non-hydrogen) atoms. The van der Waals surface area contributed by atoms with Gasteiger partial charge in [0.15, 0.2) is 0 Å². The highest BCUT2D eigenvalue weighted by atomic mass is 79.9. The highest BCUT2D eigenvalue weighted by Gasteiger charge is 2.21. The van der Waals surface area contributed by atoms with Crippen LogP contribution in [0.15, 0.2) is 64.0 Å². The molecule has 2 N–H and O–H groups in total. The Morgan fingerprint density at radius 1 is 1.15 bits per heavy atom. The van der Waals surface area contributed by atoms with Crippen LogP contribution < -0.4 is 5.56 Å². The van der Waals surface area contributed by atoms with Gasteiger partial charge in [0.05, 0.1) is 18.2 Å². The number of halogens is 2. The van der Waals surface area contributed by atoms with Gasteiger partial charge in [0.2, 0.25) is 0 Å². The molecule has 0 radical (unpaired) electrons. The Labute approximate surface area is 198 Å². The van der Waals surface area contributed by atoms with E-state index in [1.54, 1.807) is 18.3 Å². The predicted molar refractivity (Wildman–Crippen MR) is 128 cm³/mol. The smallest absolute Gasteiger partial charge is 0.251 e. The fourth-order valence-corrected chi connectivity index (χ4v) is 5.04. The van der Waals surface area contributed by atoms with Crippen LogP contribution in [0, 0.1) is 5.82 Å². The second-order valence-electron chi connectivity index (χ2n) is 8.32. The number of nitrogens with zero attached hydrogens (tertiary/aromatic N) is 2. The number of hydrogen-bond donors (Lipinski definition) is 2. The van der Waals surface area contributed by atoms with Gasteiger partial charge in [-0.3, -0.25) is 9.89 Å². The Balaban J connectivity index is 1.50. The van der Waals surface area contributed by atoms with Crippen LogP contribution >= 0.6 is 15.9 Å². The first kappa shape index (κ1) is 22.0. The molecule has 1 aliphatic rings. The van der Waals surface area contributed by atoms with Crippen molar-refractivity contribution in [2.24, 2.45) is 0 Å². The minimum absolute atomic E-state index is 0.274. The summed E-state index contributed by atoms with van der Waals surface area (Å²) < 4.78 is 21.3. The monoisotopic (exact) mass is 511 g/mol. The molecule has 1 aliphatic heterocycles. The van der Waals surface area contributed by atoms with Gasteiger partial charge >= 0.3 is 0 Å². The number of hydrogen-bond acceptors (Lipinski definition) is 4. The third-order valence-electron chi connectivity index (χ3n) is 6.27. The van der Waals surface area contributed by atoms with E-state index in [2.05, 4.69) is 32.2 Å². The number of fused-ring (bicyclic) bond motifs is 1. The molecule has 6 nitrogen and oxygen atoms in total. The van der Waals surface area contributed by atoms with E-state index in [1.165, 1.54) is 16.7 Å². The Hall–Kier alpha value is -2.81. The number of ether oxygens (including phenoxy) is 1. The number of aromatic amines is 1. The van der Waals surface area contributed by atoms with E-state index in [4.69, 9.17) is 4.74 Å². The van der Waals surface area contributed by atoms with Gasteiger partial charge in [0.1, 0.15) is 5.82 Å². The molecule has 0 spiro atoms. The summed E-state index contributed by atoms with van der Waals surface area (Å²) in [6.45, 7) is 1.17. The third-order valence-corrected chi connectivity index (χ3v) is 6.73. The highest BCUT2D eigenvalue weighted by Crippen LogP contribution is 2.33. The maximum absolute atomic E-state index is 13.9. The van der Waals surface area contributed by atoms with Crippen molar-refractivity contribution in [3.05, 3.63) is 86.6 Å². The number of pyridine rings is 1. The number of H-pyrrole nitrogens is 1. The van der Waals surface area contributed by atoms with Crippen molar-refractivity contribution in [3.8, 4) is 11.1 Å². The van der Waals surface area contributed by atoms with Crippen LogP contribution in [0.25, 0.3) is 22.0 Å². The van der Waals surface area contributed by atoms with Crippen LogP contribution in [0.4, 0.5) is 4.39 Å². The predicted octanol–water partition coefficient (Wildman–Crippen LogP) is 4.77. The first-order valence-corrected chi connectivity index (χ1v) is 11.7. The summed E-state index contributed by atoms with van der Waals surface area (Å²) in [5, 5.41) is 18.7. The maximum Gasteiger partial charge on any atom is 0.251 e. The molecule has 170 valence electrons. The van der Waals surface area contributed by atoms with Crippen molar-refractivity contribution in [3.63, 3.8) is 0 Å². The van der Waals surface area contributed by atoms with Crippen LogP contribution in [-0.2, 0) is 4.74 Å². The van der Waals surface area contributed by atoms with E-state index in [-0.39, 0.29) is 12.2 Å². The summed E-state index contributed by atoms with van der Waals surface area (Å²) in [5.41, 5.74) is 3.93. The number of rotatable bonds is 5. The number of nitrogens with one attached hydrogen (secondary N) is 1. The second kappa shape index (κ2) is 9.21. The van der Waals surface area contributed by atoms with Crippen LogP contribution in [0.1, 0.15) is 36.1 Å². The minimum Gasteiger partial charge on any atom is -0.394 e. The van der Waals surface area contributed by atoms with Crippen molar-refractivity contribution >= 4 is 26.8 Å². The molecule has 2 aromatic carbocycles. The van der Waals surface area contributed by atoms with Crippen molar-refractivity contribution < 1.29 is 14.2 Å². The Morgan fingerprint density at radius 3 is 2.67 bits per heavy atom. The molecule has 0 amide bonds. The average molecular weight is 512 g/mol. The summed E-state index contributed by atoms with van der Waals surface area (Å²) in [6, 6.07) is 13.0. The fraction of sp³-hybridized carbons (Fsp3) is 0.280. The van der Waals surface area contributed by atoms with E-state index < -0.39 is 11.9 Å². The summed E-state index contributed by atoms with van der Waals surface area (Å²) in [4.78, 5) is 13.0. The third kappa shape index (κ3) is 4.38.